The fourth-order valence-corrected chi connectivity index (χ4v) is 4.14. The zero-order valence-corrected chi connectivity index (χ0v) is 19.0. The molecule has 1 aliphatic heterocycles. The molecule has 2 amide bonds. The summed E-state index contributed by atoms with van der Waals surface area (Å²) >= 11 is 1.29. The number of carbonyl (C=O) groups excluding carboxylic acids is 2. The van der Waals surface area contributed by atoms with Crippen LogP contribution in [0.25, 0.3) is 11.4 Å². The molecule has 0 radical (unpaired) electrons. The standard InChI is InChI=1S/C22H26N6O3S/c1-14(2)15-3-5-16(6-4-15)20-24-18(31-27-20)7-8-19(29)28-11-9-17(10-12-28)21(30)25-22-26-23-13-32-22/h3-6,13-14,17H,7-12H2,1-2H3,(H,25,26,30). The van der Waals surface area contributed by atoms with Gasteiger partial charge in [-0.1, -0.05) is 54.6 Å². The fourth-order valence-electron chi connectivity index (χ4n) is 3.69. The molecule has 2 aromatic heterocycles. The molecular formula is C22H26N6O3S. The Balaban J connectivity index is 1.23. The molecule has 1 fully saturated rings. The average Bonchev–Trinajstić information content (AvgIpc) is 3.50. The first-order valence-corrected chi connectivity index (χ1v) is 11.7. The summed E-state index contributed by atoms with van der Waals surface area (Å²) in [6.45, 7) is 5.42. The number of rotatable bonds is 7. The molecule has 0 unspecified atom stereocenters. The van der Waals surface area contributed by atoms with Gasteiger partial charge in [0.25, 0.3) is 0 Å². The minimum absolute atomic E-state index is 0.0361. The first-order chi connectivity index (χ1) is 15.5. The second kappa shape index (κ2) is 9.99. The Bertz CT molecular complexity index is 1040. The molecular weight excluding hydrogens is 428 g/mol. The van der Waals surface area contributed by atoms with Crippen molar-refractivity contribution in [2.45, 2.75) is 45.4 Å². The van der Waals surface area contributed by atoms with Crippen LogP contribution in [0, 0.1) is 5.92 Å². The number of benzene rings is 1. The molecule has 3 aromatic rings. The first kappa shape index (κ1) is 22.1. The third kappa shape index (κ3) is 5.37. The number of anilines is 1. The maximum absolute atomic E-state index is 12.6. The zero-order valence-electron chi connectivity index (χ0n) is 18.2. The van der Waals surface area contributed by atoms with Gasteiger partial charge in [0.05, 0.1) is 0 Å². The number of hydrogen-bond acceptors (Lipinski definition) is 8. The molecule has 0 saturated carbocycles. The van der Waals surface area contributed by atoms with E-state index in [0.717, 1.165) is 5.56 Å². The highest BCUT2D eigenvalue weighted by atomic mass is 32.1. The van der Waals surface area contributed by atoms with E-state index in [9.17, 15) is 9.59 Å². The normalized spacial score (nSPS) is 14.7. The molecule has 3 heterocycles. The summed E-state index contributed by atoms with van der Waals surface area (Å²) in [4.78, 5) is 31.2. The van der Waals surface area contributed by atoms with Crippen molar-refractivity contribution in [2.75, 3.05) is 18.4 Å². The van der Waals surface area contributed by atoms with E-state index in [-0.39, 0.29) is 17.7 Å². The van der Waals surface area contributed by atoms with Crippen LogP contribution in [0.1, 0.15) is 50.5 Å². The maximum Gasteiger partial charge on any atom is 0.229 e. The lowest BCUT2D eigenvalue weighted by atomic mass is 9.95. The Kier molecular flexibility index (Phi) is 6.89. The van der Waals surface area contributed by atoms with E-state index in [0.29, 0.717) is 61.5 Å². The van der Waals surface area contributed by atoms with E-state index < -0.39 is 0 Å². The molecule has 0 bridgehead atoms. The van der Waals surface area contributed by atoms with Gasteiger partial charge in [0.15, 0.2) is 0 Å². The van der Waals surface area contributed by atoms with Gasteiger partial charge in [-0.05, 0) is 24.3 Å². The van der Waals surface area contributed by atoms with Crippen LogP contribution in [0.15, 0.2) is 34.3 Å². The Hall–Kier alpha value is -3.14. The van der Waals surface area contributed by atoms with Gasteiger partial charge in [-0.3, -0.25) is 9.59 Å². The van der Waals surface area contributed by atoms with Gasteiger partial charge in [0.2, 0.25) is 28.7 Å². The highest BCUT2D eigenvalue weighted by Gasteiger charge is 2.28. The Morgan fingerprint density at radius 1 is 1.22 bits per heavy atom. The molecule has 0 aliphatic carbocycles. The molecule has 168 valence electrons. The van der Waals surface area contributed by atoms with Crippen molar-refractivity contribution in [1.29, 1.82) is 0 Å². The van der Waals surface area contributed by atoms with Crippen LogP contribution in [0.5, 0.6) is 0 Å². The topological polar surface area (TPSA) is 114 Å². The highest BCUT2D eigenvalue weighted by Crippen LogP contribution is 2.22. The van der Waals surface area contributed by atoms with Crippen molar-refractivity contribution >= 4 is 28.3 Å². The van der Waals surface area contributed by atoms with E-state index in [1.807, 2.05) is 12.1 Å². The van der Waals surface area contributed by atoms with Crippen LogP contribution in [-0.4, -0.2) is 50.1 Å². The molecule has 1 aliphatic rings. The summed E-state index contributed by atoms with van der Waals surface area (Å²) in [5, 5.41) is 14.9. The second-order valence-electron chi connectivity index (χ2n) is 8.18. The minimum atomic E-state index is -0.122. The smallest absolute Gasteiger partial charge is 0.229 e. The monoisotopic (exact) mass is 454 g/mol. The molecule has 1 aromatic carbocycles. The lowest BCUT2D eigenvalue weighted by Gasteiger charge is -2.31. The summed E-state index contributed by atoms with van der Waals surface area (Å²) in [5.74, 6) is 1.30. The van der Waals surface area contributed by atoms with Crippen molar-refractivity contribution < 1.29 is 14.1 Å². The largest absolute Gasteiger partial charge is 0.343 e. The number of hydrogen-bond donors (Lipinski definition) is 1. The first-order valence-electron chi connectivity index (χ1n) is 10.8. The number of piperidine rings is 1. The summed E-state index contributed by atoms with van der Waals surface area (Å²) < 4.78 is 5.34. The molecule has 0 atom stereocenters. The van der Waals surface area contributed by atoms with Crippen molar-refractivity contribution in [2.24, 2.45) is 5.92 Å². The number of carbonyl (C=O) groups is 2. The van der Waals surface area contributed by atoms with E-state index in [1.165, 1.54) is 16.9 Å². The van der Waals surface area contributed by atoms with Gasteiger partial charge < -0.3 is 14.7 Å². The molecule has 1 N–H and O–H groups in total. The molecule has 1 saturated heterocycles. The van der Waals surface area contributed by atoms with Crippen LogP contribution >= 0.6 is 11.3 Å². The average molecular weight is 455 g/mol. The van der Waals surface area contributed by atoms with E-state index >= 15 is 0 Å². The van der Waals surface area contributed by atoms with Crippen molar-refractivity contribution in [3.05, 3.63) is 41.2 Å². The second-order valence-corrected chi connectivity index (χ2v) is 9.01. The van der Waals surface area contributed by atoms with Crippen molar-refractivity contribution in [1.82, 2.24) is 25.2 Å². The molecule has 10 heteroatoms. The van der Waals surface area contributed by atoms with Gasteiger partial charge in [-0.25, -0.2) is 0 Å². The van der Waals surface area contributed by atoms with Crippen molar-refractivity contribution in [3.8, 4) is 11.4 Å². The van der Waals surface area contributed by atoms with Crippen LogP contribution in [0.4, 0.5) is 5.13 Å². The molecule has 32 heavy (non-hydrogen) atoms. The Morgan fingerprint density at radius 2 is 1.97 bits per heavy atom. The third-order valence-electron chi connectivity index (χ3n) is 5.66. The van der Waals surface area contributed by atoms with E-state index in [4.69, 9.17) is 4.52 Å². The number of nitrogens with zero attached hydrogens (tertiary/aromatic N) is 5. The zero-order chi connectivity index (χ0) is 22.5. The summed E-state index contributed by atoms with van der Waals surface area (Å²) in [6.07, 6.45) is 1.96. The van der Waals surface area contributed by atoms with E-state index in [2.05, 4.69) is 51.6 Å². The lowest BCUT2D eigenvalue weighted by Crippen LogP contribution is -2.41. The quantitative estimate of drug-likeness (QED) is 0.581. The van der Waals surface area contributed by atoms with Crippen LogP contribution in [-0.2, 0) is 16.0 Å². The fraction of sp³-hybridized carbons (Fsp3) is 0.455. The number of nitrogens with one attached hydrogen (secondary N) is 1. The summed E-state index contributed by atoms with van der Waals surface area (Å²) in [7, 11) is 0. The maximum atomic E-state index is 12.6. The SMILES string of the molecule is CC(C)c1ccc(-c2noc(CCC(=O)N3CCC(C(=O)Nc4nncs4)CC3)n2)cc1. The number of amides is 2. The molecule has 9 nitrogen and oxygen atoms in total. The van der Waals surface area contributed by atoms with Gasteiger partial charge in [0, 0.05) is 37.4 Å². The van der Waals surface area contributed by atoms with Gasteiger partial charge in [-0.15, -0.1) is 10.2 Å². The van der Waals surface area contributed by atoms with Gasteiger partial charge in [0.1, 0.15) is 5.51 Å². The van der Waals surface area contributed by atoms with Crippen molar-refractivity contribution in [3.63, 3.8) is 0 Å². The van der Waals surface area contributed by atoms with Gasteiger partial charge >= 0.3 is 0 Å². The predicted molar refractivity (Wildman–Crippen MR) is 120 cm³/mol. The van der Waals surface area contributed by atoms with Crippen LogP contribution < -0.4 is 5.32 Å². The third-order valence-corrected chi connectivity index (χ3v) is 6.27. The summed E-state index contributed by atoms with van der Waals surface area (Å²) in [6, 6.07) is 8.11. The minimum Gasteiger partial charge on any atom is -0.343 e. The van der Waals surface area contributed by atoms with E-state index in [1.54, 1.807) is 10.4 Å². The Morgan fingerprint density at radius 3 is 2.62 bits per heavy atom. The lowest BCUT2D eigenvalue weighted by molar-refractivity contribution is -0.134. The predicted octanol–water partition coefficient (Wildman–Crippen LogP) is 3.52. The number of likely N-dealkylation sites (tertiary alicyclic amines) is 1. The van der Waals surface area contributed by atoms with Gasteiger partial charge in [-0.2, -0.15) is 4.98 Å². The number of aryl methyl sites for hydroxylation is 1. The highest BCUT2D eigenvalue weighted by molar-refractivity contribution is 7.13. The molecule has 4 rings (SSSR count). The Labute approximate surface area is 190 Å². The molecule has 0 spiro atoms. The number of aromatic nitrogens is 4. The van der Waals surface area contributed by atoms with Crippen LogP contribution in [0.3, 0.4) is 0 Å². The summed E-state index contributed by atoms with van der Waals surface area (Å²) in [5.41, 5.74) is 3.72. The van der Waals surface area contributed by atoms with Crippen LogP contribution in [0.2, 0.25) is 0 Å².